The second-order valence-electron chi connectivity index (χ2n) is 19.4. The molecule has 1 saturated heterocycles. The number of unbranched alkanes of at least 4 members (excludes halogenated alkanes) is 38. The normalized spacial score (nSPS) is 19.5. The van der Waals surface area contributed by atoms with Gasteiger partial charge in [-0.25, -0.2) is 0 Å². The van der Waals surface area contributed by atoms with Gasteiger partial charge in [0.15, 0.2) is 6.29 Å². The second kappa shape index (κ2) is 46.3. The summed E-state index contributed by atoms with van der Waals surface area (Å²) in [6, 6.07) is 0. The van der Waals surface area contributed by atoms with Gasteiger partial charge in [0.05, 0.1) is 19.8 Å². The molecular formula is C54H106O9. The number of carbonyl (C=O) groups is 1. The van der Waals surface area contributed by atoms with Crippen LogP contribution in [0.25, 0.3) is 0 Å². The van der Waals surface area contributed by atoms with Gasteiger partial charge in [-0.3, -0.25) is 4.79 Å². The van der Waals surface area contributed by atoms with Gasteiger partial charge in [-0.2, -0.15) is 0 Å². The summed E-state index contributed by atoms with van der Waals surface area (Å²) < 4.78 is 23.0. The van der Waals surface area contributed by atoms with E-state index in [-0.39, 0.29) is 19.2 Å². The molecule has 9 heteroatoms. The zero-order valence-electron chi connectivity index (χ0n) is 41.6. The predicted octanol–water partition coefficient (Wildman–Crippen LogP) is 13.8. The van der Waals surface area contributed by atoms with E-state index in [1.54, 1.807) is 0 Å². The van der Waals surface area contributed by atoms with Gasteiger partial charge in [0.25, 0.3) is 0 Å². The Kier molecular flexibility index (Phi) is 44.3. The molecule has 1 rings (SSSR count). The zero-order chi connectivity index (χ0) is 45.7. The minimum atomic E-state index is -1.53. The molecule has 0 aromatic carbocycles. The molecule has 6 unspecified atom stereocenters. The maximum Gasteiger partial charge on any atom is 0.306 e. The molecule has 0 aliphatic carbocycles. The van der Waals surface area contributed by atoms with Gasteiger partial charge in [0.2, 0.25) is 0 Å². The summed E-state index contributed by atoms with van der Waals surface area (Å²) in [7, 11) is 0. The molecule has 1 aliphatic heterocycles. The van der Waals surface area contributed by atoms with Gasteiger partial charge in [-0.1, -0.05) is 258 Å². The van der Waals surface area contributed by atoms with E-state index in [0.29, 0.717) is 13.0 Å². The molecule has 4 N–H and O–H groups in total. The lowest BCUT2D eigenvalue weighted by molar-refractivity contribution is -0.305. The highest BCUT2D eigenvalue weighted by Crippen LogP contribution is 2.23. The van der Waals surface area contributed by atoms with Crippen LogP contribution in [0, 0.1) is 0 Å². The van der Waals surface area contributed by atoms with E-state index in [9.17, 15) is 25.2 Å². The van der Waals surface area contributed by atoms with Crippen molar-refractivity contribution in [1.29, 1.82) is 0 Å². The molecule has 1 aliphatic rings. The summed E-state index contributed by atoms with van der Waals surface area (Å²) in [5, 5.41) is 40.3. The lowest BCUT2D eigenvalue weighted by Crippen LogP contribution is -2.59. The highest BCUT2D eigenvalue weighted by Gasteiger charge is 2.44. The summed E-state index contributed by atoms with van der Waals surface area (Å²) in [5.41, 5.74) is 0. The van der Waals surface area contributed by atoms with Crippen LogP contribution >= 0.6 is 0 Å². The highest BCUT2D eigenvalue weighted by molar-refractivity contribution is 5.69. The molecular weight excluding hydrogens is 793 g/mol. The number of aliphatic hydroxyl groups is 4. The van der Waals surface area contributed by atoms with Crippen molar-refractivity contribution in [2.45, 2.75) is 314 Å². The average Bonchev–Trinajstić information content (AvgIpc) is 3.28. The van der Waals surface area contributed by atoms with Gasteiger partial charge in [-0.15, -0.1) is 0 Å². The van der Waals surface area contributed by atoms with Gasteiger partial charge in [-0.05, 0) is 12.8 Å². The van der Waals surface area contributed by atoms with E-state index in [1.165, 1.54) is 225 Å². The lowest BCUT2D eigenvalue weighted by Gasteiger charge is -2.39. The third kappa shape index (κ3) is 36.9. The number of esters is 1. The molecule has 0 aromatic rings. The lowest BCUT2D eigenvalue weighted by atomic mass is 9.99. The van der Waals surface area contributed by atoms with Crippen molar-refractivity contribution in [2.75, 3.05) is 26.4 Å². The number of carbonyl (C=O) groups excluding carboxylic acids is 1. The highest BCUT2D eigenvalue weighted by atomic mass is 16.7. The number of hydrogen-bond acceptors (Lipinski definition) is 9. The number of hydrogen-bond donors (Lipinski definition) is 4. The van der Waals surface area contributed by atoms with Crippen molar-refractivity contribution < 1.29 is 44.2 Å². The fourth-order valence-corrected chi connectivity index (χ4v) is 8.97. The first-order valence-electron chi connectivity index (χ1n) is 27.6. The molecule has 63 heavy (non-hydrogen) atoms. The molecule has 0 radical (unpaired) electrons. The van der Waals surface area contributed by atoms with Crippen molar-refractivity contribution in [3.05, 3.63) is 0 Å². The minimum absolute atomic E-state index is 0.104. The Morgan fingerprint density at radius 2 is 0.778 bits per heavy atom. The summed E-state index contributed by atoms with van der Waals surface area (Å²) in [6.45, 7) is 4.64. The second-order valence-corrected chi connectivity index (χ2v) is 19.4. The van der Waals surface area contributed by atoms with Gasteiger partial charge in [0.1, 0.15) is 30.5 Å². The van der Waals surface area contributed by atoms with Crippen molar-refractivity contribution >= 4 is 5.97 Å². The van der Waals surface area contributed by atoms with Crippen LogP contribution in [0.15, 0.2) is 0 Å². The Morgan fingerprint density at radius 3 is 1.13 bits per heavy atom. The summed E-state index contributed by atoms with van der Waals surface area (Å²) in [5.74, 6) is -0.304. The van der Waals surface area contributed by atoms with Crippen LogP contribution in [0.1, 0.15) is 277 Å². The van der Waals surface area contributed by atoms with Crippen LogP contribution < -0.4 is 0 Å². The Morgan fingerprint density at radius 1 is 0.444 bits per heavy atom. The van der Waals surface area contributed by atoms with Gasteiger partial charge < -0.3 is 39.4 Å². The SMILES string of the molecule is CCCCCCCCCCCCCCCCCCCCCCCOCC(COC1OC(CO)C(O)C(O)C1O)OC(=O)CCCCCCCCCCCCCCCCCCCCC. The third-order valence-electron chi connectivity index (χ3n) is 13.3. The molecule has 9 nitrogen and oxygen atoms in total. The maximum absolute atomic E-state index is 12.9. The number of aliphatic hydroxyl groups excluding tert-OH is 4. The third-order valence-corrected chi connectivity index (χ3v) is 13.3. The molecule has 0 amide bonds. The molecule has 1 fully saturated rings. The van der Waals surface area contributed by atoms with Crippen molar-refractivity contribution in [3.63, 3.8) is 0 Å². The van der Waals surface area contributed by atoms with E-state index < -0.39 is 43.4 Å². The average molecular weight is 899 g/mol. The Labute approximate surface area is 389 Å². The maximum atomic E-state index is 12.9. The van der Waals surface area contributed by atoms with E-state index in [4.69, 9.17) is 18.9 Å². The fraction of sp³-hybridized carbons (Fsp3) is 0.981. The smallest absolute Gasteiger partial charge is 0.306 e. The Hall–Kier alpha value is -0.810. The monoisotopic (exact) mass is 899 g/mol. The number of ether oxygens (including phenoxy) is 4. The quantitative estimate of drug-likeness (QED) is 0.0348. The van der Waals surface area contributed by atoms with Crippen LogP contribution in [-0.2, 0) is 23.7 Å². The van der Waals surface area contributed by atoms with E-state index in [2.05, 4.69) is 13.8 Å². The van der Waals surface area contributed by atoms with Crippen LogP contribution in [0.5, 0.6) is 0 Å². The van der Waals surface area contributed by atoms with Crippen LogP contribution in [0.2, 0.25) is 0 Å². The summed E-state index contributed by atoms with van der Waals surface area (Å²) in [6.07, 6.45) is 45.7. The van der Waals surface area contributed by atoms with E-state index in [0.717, 1.165) is 32.1 Å². The molecule has 0 spiro atoms. The fourth-order valence-electron chi connectivity index (χ4n) is 8.97. The number of rotatable bonds is 49. The minimum Gasteiger partial charge on any atom is -0.457 e. The van der Waals surface area contributed by atoms with Crippen molar-refractivity contribution in [2.24, 2.45) is 0 Å². The largest absolute Gasteiger partial charge is 0.457 e. The Bertz CT molecular complexity index is 935. The zero-order valence-corrected chi connectivity index (χ0v) is 41.6. The van der Waals surface area contributed by atoms with Crippen molar-refractivity contribution in [1.82, 2.24) is 0 Å². The summed E-state index contributed by atoms with van der Waals surface area (Å²) in [4.78, 5) is 12.9. The first-order chi connectivity index (χ1) is 30.9. The van der Waals surface area contributed by atoms with Crippen molar-refractivity contribution in [3.8, 4) is 0 Å². The van der Waals surface area contributed by atoms with E-state index >= 15 is 0 Å². The predicted molar refractivity (Wildman–Crippen MR) is 261 cm³/mol. The van der Waals surface area contributed by atoms with Gasteiger partial charge in [0, 0.05) is 13.0 Å². The molecule has 0 saturated carbocycles. The molecule has 0 bridgehead atoms. The van der Waals surface area contributed by atoms with Crippen LogP contribution in [-0.4, -0.2) is 89.6 Å². The molecule has 1 heterocycles. The van der Waals surface area contributed by atoms with Gasteiger partial charge >= 0.3 is 5.97 Å². The Balaban J connectivity index is 2.15. The topological polar surface area (TPSA) is 135 Å². The van der Waals surface area contributed by atoms with Crippen LogP contribution in [0.4, 0.5) is 0 Å². The molecule has 376 valence electrons. The van der Waals surface area contributed by atoms with Crippen LogP contribution in [0.3, 0.4) is 0 Å². The molecule has 6 atom stereocenters. The first kappa shape index (κ1) is 60.2. The standard InChI is InChI=1S/C54H106O9/c1-3-5-7-9-11-13-15-17-19-21-23-24-26-28-30-32-34-36-38-40-42-44-60-46-48(47-61-54-53(59)52(58)51(57)49(45-55)63-54)62-50(56)43-41-39-37-35-33-31-29-27-25-22-20-18-16-14-12-10-8-6-4-2/h48-49,51-55,57-59H,3-47H2,1-2H3. The first-order valence-corrected chi connectivity index (χ1v) is 27.6. The molecule has 0 aromatic heterocycles. The summed E-state index contributed by atoms with van der Waals surface area (Å²) >= 11 is 0. The van der Waals surface area contributed by atoms with E-state index in [1.807, 2.05) is 0 Å².